The molecule has 1 atom stereocenters. The van der Waals surface area contributed by atoms with E-state index >= 15 is 0 Å². The number of anilines is 2. The molecule has 1 saturated heterocycles. The van der Waals surface area contributed by atoms with Crippen molar-refractivity contribution in [3.8, 4) is 11.4 Å². The summed E-state index contributed by atoms with van der Waals surface area (Å²) < 4.78 is 12.9. The van der Waals surface area contributed by atoms with Gasteiger partial charge in [-0.2, -0.15) is 4.68 Å². The molecule has 2 aromatic rings. The fourth-order valence-electron chi connectivity index (χ4n) is 2.55. The summed E-state index contributed by atoms with van der Waals surface area (Å²) in [5.41, 5.74) is 8.54. The topological polar surface area (TPSA) is 100 Å². The first-order chi connectivity index (χ1) is 12.4. The van der Waals surface area contributed by atoms with Gasteiger partial charge in [0, 0.05) is 33.4 Å². The predicted octanol–water partition coefficient (Wildman–Crippen LogP) is 2.44. The van der Waals surface area contributed by atoms with E-state index in [4.69, 9.17) is 15.2 Å². The van der Waals surface area contributed by atoms with Crippen LogP contribution in [0.4, 0.5) is 11.4 Å². The molecule has 1 aromatic heterocycles. The molecule has 1 aromatic carbocycles. The van der Waals surface area contributed by atoms with Gasteiger partial charge in [-0.05, 0) is 41.1 Å². The summed E-state index contributed by atoms with van der Waals surface area (Å²) in [7, 11) is -1.11. The highest BCUT2D eigenvalue weighted by atomic mass is 28.3. The van der Waals surface area contributed by atoms with Crippen LogP contribution in [0, 0.1) is 0 Å². The van der Waals surface area contributed by atoms with E-state index in [1.165, 1.54) is 0 Å². The first-order valence-electron chi connectivity index (χ1n) is 9.02. The lowest BCUT2D eigenvalue weighted by Gasteiger charge is -2.27. The zero-order valence-electron chi connectivity index (χ0n) is 15.7. The van der Waals surface area contributed by atoms with Gasteiger partial charge in [0.1, 0.15) is 6.73 Å². The average molecular weight is 377 g/mol. The Morgan fingerprint density at radius 2 is 2.19 bits per heavy atom. The van der Waals surface area contributed by atoms with E-state index in [1.807, 2.05) is 18.2 Å². The molecule has 0 saturated carbocycles. The second-order valence-corrected chi connectivity index (χ2v) is 13.4. The largest absolute Gasteiger partial charge is 0.397 e. The van der Waals surface area contributed by atoms with Crippen LogP contribution in [-0.4, -0.2) is 54.1 Å². The first kappa shape index (κ1) is 18.8. The molecule has 142 valence electrons. The number of nitrogens with two attached hydrogens (primary N) is 1. The van der Waals surface area contributed by atoms with Crippen molar-refractivity contribution < 1.29 is 9.47 Å². The molecule has 0 unspecified atom stereocenters. The molecule has 1 aliphatic rings. The van der Waals surface area contributed by atoms with Crippen molar-refractivity contribution in [2.45, 2.75) is 44.9 Å². The van der Waals surface area contributed by atoms with Crippen molar-refractivity contribution in [3.05, 3.63) is 18.2 Å². The van der Waals surface area contributed by atoms with Crippen LogP contribution in [0.25, 0.3) is 11.4 Å². The maximum atomic E-state index is 6.08. The smallest absolute Gasteiger partial charge is 0.184 e. The van der Waals surface area contributed by atoms with Gasteiger partial charge in [0.05, 0.1) is 17.5 Å². The fraction of sp³-hybridized carbons (Fsp3) is 0.588. The Morgan fingerprint density at radius 3 is 2.88 bits per heavy atom. The lowest BCUT2D eigenvalue weighted by atomic mass is 10.1. The Labute approximate surface area is 155 Å². The fourth-order valence-corrected chi connectivity index (χ4v) is 3.30. The predicted molar refractivity (Wildman–Crippen MR) is 105 cm³/mol. The summed E-state index contributed by atoms with van der Waals surface area (Å²) >= 11 is 0. The van der Waals surface area contributed by atoms with Crippen LogP contribution >= 0.6 is 0 Å². The molecule has 2 heterocycles. The molecule has 1 fully saturated rings. The number of nitrogens with zero attached hydrogens (tertiary/aromatic N) is 4. The third-order valence-corrected chi connectivity index (χ3v) is 6.07. The minimum absolute atomic E-state index is 0.267. The summed E-state index contributed by atoms with van der Waals surface area (Å²) in [6, 6.07) is 6.87. The summed E-state index contributed by atoms with van der Waals surface area (Å²) in [5.74, 6) is 0.668. The van der Waals surface area contributed by atoms with Crippen molar-refractivity contribution >= 4 is 19.4 Å². The van der Waals surface area contributed by atoms with Crippen LogP contribution in [0.1, 0.15) is 6.42 Å². The average Bonchev–Trinajstić information content (AvgIpc) is 2.99. The molecular weight excluding hydrogens is 348 g/mol. The lowest BCUT2D eigenvalue weighted by molar-refractivity contribution is -0.0410. The number of rotatable bonds is 9. The minimum Gasteiger partial charge on any atom is -0.397 e. The van der Waals surface area contributed by atoms with Crippen LogP contribution in [-0.2, 0) is 16.2 Å². The van der Waals surface area contributed by atoms with Crippen LogP contribution in [0.2, 0.25) is 25.7 Å². The molecule has 26 heavy (non-hydrogen) atoms. The molecule has 0 radical (unpaired) electrons. The highest BCUT2D eigenvalue weighted by molar-refractivity contribution is 6.76. The number of nitrogen functional groups attached to an aromatic ring is 1. The number of ether oxygens (including phenoxy) is 2. The van der Waals surface area contributed by atoms with Gasteiger partial charge in [0.2, 0.25) is 0 Å². The maximum Gasteiger partial charge on any atom is 0.184 e. The van der Waals surface area contributed by atoms with E-state index in [0.29, 0.717) is 18.2 Å². The van der Waals surface area contributed by atoms with Crippen molar-refractivity contribution in [2.24, 2.45) is 0 Å². The molecule has 1 aliphatic heterocycles. The second kappa shape index (κ2) is 8.15. The Hall–Kier alpha value is -1.97. The summed E-state index contributed by atoms with van der Waals surface area (Å²) in [6.07, 6.45) is 1.35. The summed E-state index contributed by atoms with van der Waals surface area (Å²) in [4.78, 5) is 0. The number of nitrogens with one attached hydrogen (secondary N) is 1. The molecule has 9 heteroatoms. The summed E-state index contributed by atoms with van der Waals surface area (Å²) in [5, 5.41) is 15.3. The van der Waals surface area contributed by atoms with Gasteiger partial charge in [-0.3, -0.25) is 0 Å². The van der Waals surface area contributed by atoms with Crippen LogP contribution in [0.15, 0.2) is 18.2 Å². The Bertz CT molecular complexity index is 726. The minimum atomic E-state index is -1.11. The zero-order chi connectivity index (χ0) is 18.6. The Kier molecular flexibility index (Phi) is 5.89. The van der Waals surface area contributed by atoms with E-state index in [-0.39, 0.29) is 6.10 Å². The molecule has 0 bridgehead atoms. The normalized spacial score (nSPS) is 17.1. The number of tetrazole rings is 1. The third-order valence-electron chi connectivity index (χ3n) is 4.37. The molecule has 0 spiro atoms. The van der Waals surface area contributed by atoms with Gasteiger partial charge >= 0.3 is 0 Å². The quantitative estimate of drug-likeness (QED) is 0.394. The number of aromatic nitrogens is 4. The van der Waals surface area contributed by atoms with Crippen molar-refractivity contribution in [1.82, 2.24) is 20.2 Å². The molecule has 3 rings (SSSR count). The van der Waals surface area contributed by atoms with E-state index in [1.54, 1.807) is 4.68 Å². The SMILES string of the molecule is C[Si](C)(C)CCOCn1nnnc1-c1ccc(N)c(NC[C@@H]2CCO2)c1. The van der Waals surface area contributed by atoms with Crippen molar-refractivity contribution in [2.75, 3.05) is 30.8 Å². The zero-order valence-corrected chi connectivity index (χ0v) is 16.7. The number of benzene rings is 1. The van der Waals surface area contributed by atoms with E-state index in [2.05, 4.69) is 40.5 Å². The molecule has 3 N–H and O–H groups in total. The lowest BCUT2D eigenvalue weighted by Crippen LogP contribution is -2.33. The van der Waals surface area contributed by atoms with Gasteiger partial charge in [-0.1, -0.05) is 19.6 Å². The monoisotopic (exact) mass is 376 g/mol. The number of hydrogen-bond acceptors (Lipinski definition) is 7. The van der Waals surface area contributed by atoms with E-state index < -0.39 is 8.07 Å². The molecule has 0 amide bonds. The van der Waals surface area contributed by atoms with Gasteiger partial charge in [0.25, 0.3) is 0 Å². The second-order valence-electron chi connectivity index (χ2n) is 7.81. The first-order valence-corrected chi connectivity index (χ1v) is 12.7. The Morgan fingerprint density at radius 1 is 1.38 bits per heavy atom. The maximum absolute atomic E-state index is 6.08. The van der Waals surface area contributed by atoms with Gasteiger partial charge in [-0.25, -0.2) is 0 Å². The van der Waals surface area contributed by atoms with Gasteiger partial charge < -0.3 is 20.5 Å². The van der Waals surface area contributed by atoms with Crippen LogP contribution in [0.3, 0.4) is 0 Å². The van der Waals surface area contributed by atoms with Crippen LogP contribution < -0.4 is 11.1 Å². The van der Waals surface area contributed by atoms with Crippen molar-refractivity contribution in [3.63, 3.8) is 0 Å². The summed E-state index contributed by atoms with van der Waals surface area (Å²) in [6.45, 7) is 9.65. The molecule has 0 aliphatic carbocycles. The standard InChI is InChI=1S/C17H28N6O2Si/c1-26(2,3)9-8-24-12-23-17(20-21-22-23)13-4-5-15(18)16(10-13)19-11-14-6-7-25-14/h4-5,10,14,19H,6-9,11-12,18H2,1-3H3/t14-/m0/s1. The van der Waals surface area contributed by atoms with E-state index in [0.717, 1.165) is 43.5 Å². The van der Waals surface area contributed by atoms with Crippen LogP contribution in [0.5, 0.6) is 0 Å². The highest BCUT2D eigenvalue weighted by Gasteiger charge is 2.18. The van der Waals surface area contributed by atoms with E-state index in [9.17, 15) is 0 Å². The Balaban J connectivity index is 1.64. The number of hydrogen-bond donors (Lipinski definition) is 2. The third kappa shape index (κ3) is 5.02. The van der Waals surface area contributed by atoms with Crippen molar-refractivity contribution in [1.29, 1.82) is 0 Å². The van der Waals surface area contributed by atoms with Gasteiger partial charge in [-0.15, -0.1) is 5.10 Å². The molecule has 8 nitrogen and oxygen atoms in total. The van der Waals surface area contributed by atoms with Gasteiger partial charge in [0.15, 0.2) is 5.82 Å². The highest BCUT2D eigenvalue weighted by Crippen LogP contribution is 2.26. The molecular formula is C17H28N6O2Si.